The number of hydrogen-bond donors (Lipinski definition) is 1. The fraction of sp³-hybridized carbons (Fsp3) is 0.278. The van der Waals surface area contributed by atoms with E-state index in [0.717, 1.165) is 23.9 Å². The molecule has 0 aliphatic carbocycles. The van der Waals surface area contributed by atoms with E-state index in [1.54, 1.807) is 6.26 Å². The van der Waals surface area contributed by atoms with Crippen molar-refractivity contribution in [1.29, 1.82) is 0 Å². The second-order valence-corrected chi connectivity index (χ2v) is 7.11. The third-order valence-electron chi connectivity index (χ3n) is 3.97. The molecule has 0 radical (unpaired) electrons. The van der Waals surface area contributed by atoms with Crippen LogP contribution in [0.1, 0.15) is 17.2 Å². The zero-order chi connectivity index (χ0) is 16.2. The third-order valence-corrected chi connectivity index (χ3v) is 4.90. The Labute approximate surface area is 139 Å². The van der Waals surface area contributed by atoms with Crippen LogP contribution >= 0.6 is 0 Å². The molecule has 0 spiro atoms. The van der Waals surface area contributed by atoms with Gasteiger partial charge in [0, 0.05) is 35.5 Å². The minimum Gasteiger partial charge on any atom is -0.348 e. The van der Waals surface area contributed by atoms with Gasteiger partial charge in [0.2, 0.25) is 0 Å². The smallest absolute Gasteiger partial charge is 0.194 e. The van der Waals surface area contributed by atoms with Crippen molar-refractivity contribution in [2.75, 3.05) is 19.8 Å². The molecule has 0 bridgehead atoms. The van der Waals surface area contributed by atoms with Crippen molar-refractivity contribution in [2.45, 2.75) is 17.5 Å². The summed E-state index contributed by atoms with van der Waals surface area (Å²) >= 11 is 0. The number of aliphatic imine (C=N–C) groups is 1. The highest BCUT2D eigenvalue weighted by Crippen LogP contribution is 2.18. The first kappa shape index (κ1) is 15.7. The predicted molar refractivity (Wildman–Crippen MR) is 94.9 cm³/mol. The van der Waals surface area contributed by atoms with E-state index < -0.39 is 10.8 Å². The van der Waals surface area contributed by atoms with Crippen molar-refractivity contribution < 1.29 is 4.21 Å². The Balaban J connectivity index is 1.61. The van der Waals surface area contributed by atoms with Gasteiger partial charge in [-0.05, 0) is 23.3 Å². The van der Waals surface area contributed by atoms with E-state index in [1.165, 1.54) is 11.1 Å². The molecule has 2 unspecified atom stereocenters. The molecule has 0 fully saturated rings. The summed E-state index contributed by atoms with van der Waals surface area (Å²) in [5.74, 6) is 0.919. The Bertz CT molecular complexity index is 713. The summed E-state index contributed by atoms with van der Waals surface area (Å²) in [7, 11) is 1.11. The molecule has 4 nitrogen and oxygen atoms in total. The lowest BCUT2D eigenvalue weighted by Gasteiger charge is -2.21. The molecule has 0 amide bonds. The van der Waals surface area contributed by atoms with Crippen molar-refractivity contribution in [2.24, 2.45) is 4.99 Å². The fourth-order valence-corrected chi connectivity index (χ4v) is 3.18. The zero-order valence-electron chi connectivity index (χ0n) is 13.4. The van der Waals surface area contributed by atoms with Crippen molar-refractivity contribution in [1.82, 2.24) is 10.2 Å². The van der Waals surface area contributed by atoms with Gasteiger partial charge in [-0.1, -0.05) is 42.5 Å². The number of hydrogen-bond acceptors (Lipinski definition) is 4. The Morgan fingerprint density at radius 2 is 1.87 bits per heavy atom. The topological polar surface area (TPSA) is 44.7 Å². The van der Waals surface area contributed by atoms with E-state index in [-0.39, 0.29) is 6.04 Å². The van der Waals surface area contributed by atoms with Crippen LogP contribution in [0, 0.1) is 0 Å². The van der Waals surface area contributed by atoms with Gasteiger partial charge >= 0.3 is 0 Å². The highest BCUT2D eigenvalue weighted by atomic mass is 32.2. The van der Waals surface area contributed by atoms with Crippen LogP contribution in [-0.2, 0) is 17.3 Å². The molecule has 1 aliphatic heterocycles. The zero-order valence-corrected chi connectivity index (χ0v) is 14.2. The third kappa shape index (κ3) is 3.79. The molecule has 1 heterocycles. The minimum absolute atomic E-state index is 0.249. The van der Waals surface area contributed by atoms with Gasteiger partial charge in [-0.2, -0.15) is 0 Å². The molecule has 2 aromatic carbocycles. The van der Waals surface area contributed by atoms with Crippen LogP contribution in [-0.4, -0.2) is 34.9 Å². The summed E-state index contributed by atoms with van der Waals surface area (Å²) in [5.41, 5.74) is 2.43. The molecule has 2 aromatic rings. The molecule has 23 heavy (non-hydrogen) atoms. The molecule has 3 rings (SSSR count). The number of rotatable bonds is 4. The molecule has 0 saturated heterocycles. The van der Waals surface area contributed by atoms with Crippen LogP contribution in [0.3, 0.4) is 0 Å². The average molecular weight is 327 g/mol. The van der Waals surface area contributed by atoms with Crippen LogP contribution in [0.4, 0.5) is 0 Å². The van der Waals surface area contributed by atoms with Gasteiger partial charge < -0.3 is 10.2 Å². The lowest BCUT2D eigenvalue weighted by atomic mass is 10.1. The van der Waals surface area contributed by atoms with Gasteiger partial charge in [0.25, 0.3) is 0 Å². The van der Waals surface area contributed by atoms with Crippen LogP contribution in [0.2, 0.25) is 0 Å². The molecule has 0 aromatic heterocycles. The summed E-state index contributed by atoms with van der Waals surface area (Å²) in [6.45, 7) is 1.53. The maximum atomic E-state index is 11.4. The Morgan fingerprint density at radius 3 is 2.52 bits per heavy atom. The fourth-order valence-electron chi connectivity index (χ4n) is 2.67. The maximum Gasteiger partial charge on any atom is 0.194 e. The van der Waals surface area contributed by atoms with Gasteiger partial charge in [0.05, 0.1) is 12.6 Å². The number of guanidine groups is 1. The molecular weight excluding hydrogens is 306 g/mol. The summed E-state index contributed by atoms with van der Waals surface area (Å²) in [6.07, 6.45) is 1.70. The first-order valence-corrected chi connectivity index (χ1v) is 9.19. The van der Waals surface area contributed by atoms with E-state index in [0.29, 0.717) is 0 Å². The van der Waals surface area contributed by atoms with Crippen LogP contribution in [0.15, 0.2) is 64.5 Å². The summed E-state index contributed by atoms with van der Waals surface area (Å²) in [6, 6.07) is 18.5. The summed E-state index contributed by atoms with van der Waals surface area (Å²) in [5, 5.41) is 3.48. The molecule has 0 saturated carbocycles. The van der Waals surface area contributed by atoms with Crippen molar-refractivity contribution >= 4 is 16.8 Å². The van der Waals surface area contributed by atoms with Crippen molar-refractivity contribution in [3.8, 4) is 0 Å². The van der Waals surface area contributed by atoms with Crippen molar-refractivity contribution in [3.63, 3.8) is 0 Å². The number of benzene rings is 2. The number of nitrogens with zero attached hydrogens (tertiary/aromatic N) is 2. The molecular formula is C18H21N3OS. The molecule has 1 aliphatic rings. The highest BCUT2D eigenvalue weighted by Gasteiger charge is 2.21. The normalized spacial score (nSPS) is 18.2. The Hall–Kier alpha value is -2.14. The average Bonchev–Trinajstić information content (AvgIpc) is 3.06. The minimum atomic E-state index is -0.928. The first-order chi connectivity index (χ1) is 11.1. The summed E-state index contributed by atoms with van der Waals surface area (Å²) < 4.78 is 11.4. The quantitative estimate of drug-likeness (QED) is 0.939. The first-order valence-electron chi connectivity index (χ1n) is 7.63. The van der Waals surface area contributed by atoms with Crippen LogP contribution < -0.4 is 5.32 Å². The van der Waals surface area contributed by atoms with Crippen LogP contribution in [0.25, 0.3) is 0 Å². The van der Waals surface area contributed by atoms with E-state index in [1.807, 2.05) is 37.4 Å². The van der Waals surface area contributed by atoms with Gasteiger partial charge in [-0.3, -0.25) is 9.20 Å². The lowest BCUT2D eigenvalue weighted by molar-refractivity contribution is 0.480. The largest absolute Gasteiger partial charge is 0.348 e. The second-order valence-electron chi connectivity index (χ2n) is 5.73. The van der Waals surface area contributed by atoms with E-state index >= 15 is 0 Å². The number of nitrogens with one attached hydrogen (secondary N) is 1. The highest BCUT2D eigenvalue weighted by molar-refractivity contribution is 7.84. The van der Waals surface area contributed by atoms with Crippen molar-refractivity contribution in [3.05, 3.63) is 65.7 Å². The van der Waals surface area contributed by atoms with Gasteiger partial charge in [0.15, 0.2) is 5.96 Å². The van der Waals surface area contributed by atoms with E-state index in [2.05, 4.69) is 39.5 Å². The standard InChI is InChI=1S/C18H21N3OS/c1-21(13-14-8-10-16(11-9-14)23(2)22)18-19-12-17(20-18)15-6-4-3-5-7-15/h3-11,17H,12-13H2,1-2H3,(H,19,20). The monoisotopic (exact) mass is 327 g/mol. The Morgan fingerprint density at radius 1 is 1.17 bits per heavy atom. The SMILES string of the molecule is CN(Cc1ccc(S(C)=O)cc1)C1=NCC(c2ccccc2)N1. The van der Waals surface area contributed by atoms with E-state index in [9.17, 15) is 4.21 Å². The maximum absolute atomic E-state index is 11.4. The second kappa shape index (κ2) is 6.96. The van der Waals surface area contributed by atoms with Crippen LogP contribution in [0.5, 0.6) is 0 Å². The molecule has 5 heteroatoms. The molecule has 1 N–H and O–H groups in total. The van der Waals surface area contributed by atoms with Gasteiger partial charge in [0.1, 0.15) is 0 Å². The summed E-state index contributed by atoms with van der Waals surface area (Å²) in [4.78, 5) is 7.59. The van der Waals surface area contributed by atoms with E-state index in [4.69, 9.17) is 0 Å². The van der Waals surface area contributed by atoms with Gasteiger partial charge in [-0.15, -0.1) is 0 Å². The molecule has 2 atom stereocenters. The Kier molecular flexibility index (Phi) is 4.76. The predicted octanol–water partition coefficient (Wildman–Crippen LogP) is 2.56. The van der Waals surface area contributed by atoms with Gasteiger partial charge in [-0.25, -0.2) is 0 Å². The lowest BCUT2D eigenvalue weighted by Crippen LogP contribution is -2.36. The molecule has 120 valence electrons.